The standard InChI is InChI=1S/C72H66N6/c73-52-70-67(43-34-58-19-10-55(11-20-58)16-25-61-28-37-64(38-29-61)76-46-4-1-5-47-76)71(53-74)69(45-36-60-23-14-57(15-24-60)18-27-63-32-41-66(42-33-63)78-50-8-3-9-51-78)72(54-75)68(70)44-35-59-21-12-56(13-22-59)17-26-62-30-39-65(40-31-62)77-48-6-2-7-49-77/h10-45H,1-9,46-51H2. The van der Waals surface area contributed by atoms with Crippen LogP contribution in [-0.2, 0) is 0 Å². The van der Waals surface area contributed by atoms with Crippen molar-refractivity contribution in [1.82, 2.24) is 0 Å². The fraction of sp³-hybridized carbons (Fsp3) is 0.208. The van der Waals surface area contributed by atoms with Crippen molar-refractivity contribution in [2.24, 2.45) is 0 Å². The SMILES string of the molecule is N#Cc1c(C=Cc2ccc(C=Cc3ccc(N4CCCCC4)cc3)cc2)c(C#N)c(C=Cc2ccc(C=Cc3ccc(N4CCCCC4)cc3)cc2)c(C#N)c1C=Cc1ccc(C=Cc2ccc(N3CCCCC3)cc2)cc1. The summed E-state index contributed by atoms with van der Waals surface area (Å²) in [6.45, 7) is 6.75. The van der Waals surface area contributed by atoms with Gasteiger partial charge in [0.1, 0.15) is 18.2 Å². The Kier molecular flexibility index (Phi) is 17.5. The third-order valence-corrected chi connectivity index (χ3v) is 15.3. The highest BCUT2D eigenvalue weighted by molar-refractivity contribution is 5.90. The van der Waals surface area contributed by atoms with E-state index in [2.05, 4.69) is 179 Å². The van der Waals surface area contributed by atoms with Gasteiger partial charge in [-0.1, -0.05) is 182 Å². The number of benzene rings is 7. The van der Waals surface area contributed by atoms with Gasteiger partial charge in [0.05, 0.1) is 16.7 Å². The number of nitriles is 3. The number of piperidine rings is 3. The molecule has 0 unspecified atom stereocenters. The van der Waals surface area contributed by atoms with Crippen LogP contribution >= 0.6 is 0 Å². The van der Waals surface area contributed by atoms with Crippen molar-refractivity contribution < 1.29 is 0 Å². The van der Waals surface area contributed by atoms with Gasteiger partial charge in [-0.05, 0) is 144 Å². The van der Waals surface area contributed by atoms with Crippen LogP contribution in [0, 0.1) is 34.0 Å². The van der Waals surface area contributed by atoms with Crippen molar-refractivity contribution in [3.63, 3.8) is 0 Å². The van der Waals surface area contributed by atoms with Gasteiger partial charge in [0.2, 0.25) is 0 Å². The van der Waals surface area contributed by atoms with E-state index >= 15 is 0 Å². The highest BCUT2D eigenvalue weighted by atomic mass is 15.1. The van der Waals surface area contributed by atoms with E-state index in [0.29, 0.717) is 16.7 Å². The molecular formula is C72H66N6. The lowest BCUT2D eigenvalue weighted by Crippen LogP contribution is -2.29. The topological polar surface area (TPSA) is 81.1 Å². The molecule has 0 aliphatic carbocycles. The largest absolute Gasteiger partial charge is 0.372 e. The number of rotatable bonds is 15. The van der Waals surface area contributed by atoms with Gasteiger partial charge in [-0.2, -0.15) is 15.8 Å². The first-order valence-corrected chi connectivity index (χ1v) is 27.9. The minimum Gasteiger partial charge on any atom is -0.372 e. The fourth-order valence-electron chi connectivity index (χ4n) is 10.8. The molecule has 6 heteroatoms. The Bertz CT molecular complexity index is 3070. The number of hydrogen-bond acceptors (Lipinski definition) is 6. The maximum atomic E-state index is 10.9. The van der Waals surface area contributed by atoms with Crippen molar-refractivity contribution in [3.05, 3.63) is 229 Å². The van der Waals surface area contributed by atoms with Gasteiger partial charge < -0.3 is 14.7 Å². The lowest BCUT2D eigenvalue weighted by molar-refractivity contribution is 0.578. The average Bonchev–Trinajstić information content (AvgIpc) is 3.56. The molecule has 3 aliphatic heterocycles. The first-order valence-electron chi connectivity index (χ1n) is 27.9. The van der Waals surface area contributed by atoms with E-state index in [0.717, 1.165) is 89.3 Å². The second kappa shape index (κ2) is 26.1. The Labute approximate surface area is 462 Å². The molecule has 0 spiro atoms. The molecule has 0 aromatic heterocycles. The van der Waals surface area contributed by atoms with E-state index in [1.54, 1.807) is 0 Å². The highest BCUT2D eigenvalue weighted by Crippen LogP contribution is 2.33. The van der Waals surface area contributed by atoms with Crippen LogP contribution in [0.15, 0.2) is 146 Å². The maximum Gasteiger partial charge on any atom is 0.100 e. The molecule has 0 radical (unpaired) electrons. The van der Waals surface area contributed by atoms with Crippen LogP contribution in [0.5, 0.6) is 0 Å². The molecule has 0 bridgehead atoms. The van der Waals surface area contributed by atoms with Crippen LogP contribution in [0.25, 0.3) is 72.9 Å². The van der Waals surface area contributed by atoms with Crippen LogP contribution in [0.2, 0.25) is 0 Å². The second-order valence-corrected chi connectivity index (χ2v) is 20.6. The third kappa shape index (κ3) is 13.4. The van der Waals surface area contributed by atoms with E-state index in [9.17, 15) is 15.8 Å². The van der Waals surface area contributed by atoms with Gasteiger partial charge >= 0.3 is 0 Å². The zero-order valence-electron chi connectivity index (χ0n) is 44.6. The van der Waals surface area contributed by atoms with Gasteiger partial charge in [0.25, 0.3) is 0 Å². The molecular weight excluding hydrogens is 949 g/mol. The van der Waals surface area contributed by atoms with Crippen LogP contribution in [0.3, 0.4) is 0 Å². The zero-order valence-corrected chi connectivity index (χ0v) is 44.6. The molecule has 3 heterocycles. The van der Waals surface area contributed by atoms with Gasteiger partial charge in [-0.3, -0.25) is 0 Å². The lowest BCUT2D eigenvalue weighted by Gasteiger charge is -2.28. The molecule has 6 nitrogen and oxygen atoms in total. The monoisotopic (exact) mass is 1010 g/mol. The predicted octanol–water partition coefficient (Wildman–Crippen LogP) is 17.3. The summed E-state index contributed by atoms with van der Waals surface area (Å²) < 4.78 is 0. The summed E-state index contributed by atoms with van der Waals surface area (Å²) in [7, 11) is 0. The zero-order chi connectivity index (χ0) is 53.3. The molecule has 384 valence electrons. The van der Waals surface area contributed by atoms with E-state index in [-0.39, 0.29) is 16.7 Å². The van der Waals surface area contributed by atoms with Gasteiger partial charge in [0.15, 0.2) is 0 Å². The molecule has 78 heavy (non-hydrogen) atoms. The average molecular weight is 1020 g/mol. The molecule has 7 aromatic carbocycles. The normalized spacial score (nSPS) is 15.3. The first-order chi connectivity index (χ1) is 38.5. The lowest BCUT2D eigenvalue weighted by atomic mass is 9.86. The Morgan fingerprint density at radius 2 is 0.397 bits per heavy atom. The van der Waals surface area contributed by atoms with E-state index in [4.69, 9.17) is 0 Å². The Hall–Kier alpha value is -9.15. The molecule has 0 amide bonds. The van der Waals surface area contributed by atoms with Crippen LogP contribution in [0.4, 0.5) is 17.1 Å². The minimum atomic E-state index is 0.266. The molecule has 0 N–H and O–H groups in total. The summed E-state index contributed by atoms with van der Waals surface area (Å²) in [6, 6.07) is 58.2. The van der Waals surface area contributed by atoms with Crippen molar-refractivity contribution in [2.75, 3.05) is 54.0 Å². The van der Waals surface area contributed by atoms with E-state index in [1.807, 2.05) is 72.9 Å². The Morgan fingerprint density at radius 1 is 0.231 bits per heavy atom. The Morgan fingerprint density at radius 3 is 0.577 bits per heavy atom. The number of hydrogen-bond donors (Lipinski definition) is 0. The number of anilines is 3. The molecule has 10 rings (SSSR count). The van der Waals surface area contributed by atoms with Crippen LogP contribution in [0.1, 0.15) is 141 Å². The molecule has 3 aliphatic rings. The molecule has 7 aromatic rings. The summed E-state index contributed by atoms with van der Waals surface area (Å²) in [6.07, 6.45) is 35.5. The summed E-state index contributed by atoms with van der Waals surface area (Å²) in [5.74, 6) is 0. The van der Waals surface area contributed by atoms with E-state index in [1.165, 1.54) is 74.8 Å². The highest BCUT2D eigenvalue weighted by Gasteiger charge is 2.21. The first kappa shape index (κ1) is 52.3. The fourth-order valence-corrected chi connectivity index (χ4v) is 10.8. The third-order valence-electron chi connectivity index (χ3n) is 15.3. The van der Waals surface area contributed by atoms with Crippen LogP contribution in [-0.4, -0.2) is 39.3 Å². The molecule has 0 saturated carbocycles. The van der Waals surface area contributed by atoms with Gasteiger partial charge in [0, 0.05) is 73.0 Å². The summed E-state index contributed by atoms with van der Waals surface area (Å²) in [5.41, 5.74) is 15.4. The van der Waals surface area contributed by atoms with Crippen molar-refractivity contribution in [3.8, 4) is 18.2 Å². The van der Waals surface area contributed by atoms with E-state index < -0.39 is 0 Å². The summed E-state index contributed by atoms with van der Waals surface area (Å²) in [4.78, 5) is 7.41. The van der Waals surface area contributed by atoms with Crippen LogP contribution < -0.4 is 14.7 Å². The summed E-state index contributed by atoms with van der Waals surface area (Å²) >= 11 is 0. The molecule has 0 atom stereocenters. The maximum absolute atomic E-state index is 10.9. The van der Waals surface area contributed by atoms with Gasteiger partial charge in [-0.25, -0.2) is 0 Å². The van der Waals surface area contributed by atoms with Crippen molar-refractivity contribution in [1.29, 1.82) is 15.8 Å². The van der Waals surface area contributed by atoms with Crippen molar-refractivity contribution >= 4 is 90.0 Å². The summed E-state index contributed by atoms with van der Waals surface area (Å²) in [5, 5.41) is 32.7. The van der Waals surface area contributed by atoms with Crippen molar-refractivity contribution in [2.45, 2.75) is 57.8 Å². The second-order valence-electron chi connectivity index (χ2n) is 20.6. The predicted molar refractivity (Wildman–Crippen MR) is 331 cm³/mol. The number of nitrogens with zero attached hydrogens (tertiary/aromatic N) is 6. The quantitative estimate of drug-likeness (QED) is 0.0952. The molecule has 3 fully saturated rings. The minimum absolute atomic E-state index is 0.266. The Balaban J connectivity index is 0.902. The smallest absolute Gasteiger partial charge is 0.100 e. The van der Waals surface area contributed by atoms with Gasteiger partial charge in [-0.15, -0.1) is 0 Å². The molecule has 3 saturated heterocycles.